The average Bonchev–Trinajstić information content (AvgIpc) is 2.81. The van der Waals surface area contributed by atoms with Crippen molar-refractivity contribution in [3.63, 3.8) is 0 Å². The van der Waals surface area contributed by atoms with Crippen molar-refractivity contribution < 1.29 is 4.79 Å². The summed E-state index contributed by atoms with van der Waals surface area (Å²) in [4.78, 5) is 17.4. The number of rotatable bonds is 4. The van der Waals surface area contributed by atoms with Crippen LogP contribution in [0.25, 0.3) is 10.9 Å². The molecule has 0 saturated heterocycles. The summed E-state index contributed by atoms with van der Waals surface area (Å²) in [7, 11) is 1.89. The smallest absolute Gasteiger partial charge is 0.227 e. The second-order valence-corrected chi connectivity index (χ2v) is 5.66. The van der Waals surface area contributed by atoms with E-state index in [2.05, 4.69) is 31.8 Å². The van der Waals surface area contributed by atoms with Crippen LogP contribution in [0.15, 0.2) is 30.5 Å². The van der Waals surface area contributed by atoms with Gasteiger partial charge in [0.15, 0.2) is 0 Å². The fourth-order valence-electron chi connectivity index (χ4n) is 2.13. The van der Waals surface area contributed by atoms with E-state index in [1.165, 1.54) is 0 Å². The molecule has 1 aromatic carbocycles. The molecule has 0 spiro atoms. The molecule has 0 saturated carbocycles. The van der Waals surface area contributed by atoms with E-state index in [0.717, 1.165) is 22.9 Å². The van der Waals surface area contributed by atoms with Gasteiger partial charge in [-0.3, -0.25) is 4.79 Å². The standard InChI is InChI=1S/C16H22N2O/c1-5-16(2,3)18(4)15(19)10-12-11-17-14-9-7-6-8-13(12)14/h6-9,11,17H,5,10H2,1-4H3. The van der Waals surface area contributed by atoms with Gasteiger partial charge in [-0.2, -0.15) is 0 Å². The molecular weight excluding hydrogens is 236 g/mol. The zero-order valence-electron chi connectivity index (χ0n) is 12.2. The predicted molar refractivity (Wildman–Crippen MR) is 79.1 cm³/mol. The van der Waals surface area contributed by atoms with Gasteiger partial charge in [0.05, 0.1) is 6.42 Å². The number of carbonyl (C=O) groups is 1. The molecule has 0 aliphatic rings. The van der Waals surface area contributed by atoms with E-state index in [1.54, 1.807) is 0 Å². The van der Waals surface area contributed by atoms with Gasteiger partial charge in [-0.25, -0.2) is 0 Å². The second-order valence-electron chi connectivity index (χ2n) is 5.66. The number of benzene rings is 1. The van der Waals surface area contributed by atoms with Gasteiger partial charge in [0.25, 0.3) is 0 Å². The van der Waals surface area contributed by atoms with Crippen LogP contribution in [0, 0.1) is 0 Å². The minimum Gasteiger partial charge on any atom is -0.361 e. The Morgan fingerprint density at radius 2 is 2.00 bits per heavy atom. The number of amides is 1. The molecule has 1 heterocycles. The lowest BCUT2D eigenvalue weighted by Crippen LogP contribution is -2.45. The van der Waals surface area contributed by atoms with Crippen molar-refractivity contribution in [3.8, 4) is 0 Å². The molecule has 3 nitrogen and oxygen atoms in total. The van der Waals surface area contributed by atoms with Gasteiger partial charge in [0.2, 0.25) is 5.91 Å². The Balaban J connectivity index is 2.20. The number of likely N-dealkylation sites (N-methyl/N-ethyl adjacent to an activating group) is 1. The monoisotopic (exact) mass is 258 g/mol. The van der Waals surface area contributed by atoms with Crippen molar-refractivity contribution in [1.82, 2.24) is 9.88 Å². The van der Waals surface area contributed by atoms with E-state index >= 15 is 0 Å². The SMILES string of the molecule is CCC(C)(C)N(C)C(=O)Cc1c[nH]c2ccccc12. The van der Waals surface area contributed by atoms with Crippen molar-refractivity contribution in [2.45, 2.75) is 39.2 Å². The largest absolute Gasteiger partial charge is 0.361 e. The number of carbonyl (C=O) groups excluding carboxylic acids is 1. The Kier molecular flexibility index (Phi) is 3.65. The van der Waals surface area contributed by atoms with Crippen LogP contribution in [0.1, 0.15) is 32.8 Å². The summed E-state index contributed by atoms with van der Waals surface area (Å²) in [6.07, 6.45) is 3.34. The molecule has 102 valence electrons. The van der Waals surface area contributed by atoms with Crippen molar-refractivity contribution in [3.05, 3.63) is 36.0 Å². The van der Waals surface area contributed by atoms with Crippen molar-refractivity contribution in [2.75, 3.05) is 7.05 Å². The molecule has 0 bridgehead atoms. The summed E-state index contributed by atoms with van der Waals surface area (Å²) in [6, 6.07) is 8.09. The zero-order chi connectivity index (χ0) is 14.0. The lowest BCUT2D eigenvalue weighted by atomic mass is 9.99. The third-order valence-electron chi connectivity index (χ3n) is 4.16. The first-order valence-corrected chi connectivity index (χ1v) is 6.77. The molecule has 3 heteroatoms. The Morgan fingerprint density at radius 1 is 1.32 bits per heavy atom. The van der Waals surface area contributed by atoms with Gasteiger partial charge in [-0.15, -0.1) is 0 Å². The van der Waals surface area contributed by atoms with E-state index in [0.29, 0.717) is 6.42 Å². The number of H-pyrrole nitrogens is 1. The van der Waals surface area contributed by atoms with Gasteiger partial charge in [0, 0.05) is 29.7 Å². The molecular formula is C16H22N2O. The van der Waals surface area contributed by atoms with Crippen LogP contribution in [0.4, 0.5) is 0 Å². The van der Waals surface area contributed by atoms with Crippen molar-refractivity contribution in [1.29, 1.82) is 0 Å². The van der Waals surface area contributed by atoms with Crippen LogP contribution in [0.2, 0.25) is 0 Å². The number of aromatic amines is 1. The molecule has 2 rings (SSSR count). The first kappa shape index (κ1) is 13.7. The highest BCUT2D eigenvalue weighted by atomic mass is 16.2. The number of hydrogen-bond acceptors (Lipinski definition) is 1. The van der Waals surface area contributed by atoms with E-state index in [-0.39, 0.29) is 11.4 Å². The highest BCUT2D eigenvalue weighted by molar-refractivity contribution is 5.89. The summed E-state index contributed by atoms with van der Waals surface area (Å²) >= 11 is 0. The van der Waals surface area contributed by atoms with Crippen molar-refractivity contribution in [2.24, 2.45) is 0 Å². The maximum Gasteiger partial charge on any atom is 0.227 e. The van der Waals surface area contributed by atoms with E-state index in [9.17, 15) is 4.79 Å². The summed E-state index contributed by atoms with van der Waals surface area (Å²) < 4.78 is 0. The molecule has 0 fully saturated rings. The molecule has 0 unspecified atom stereocenters. The summed E-state index contributed by atoms with van der Waals surface area (Å²) in [5, 5.41) is 1.14. The van der Waals surface area contributed by atoms with Gasteiger partial charge in [0.1, 0.15) is 0 Å². The van der Waals surface area contributed by atoms with Crippen LogP contribution in [-0.2, 0) is 11.2 Å². The number of hydrogen-bond donors (Lipinski definition) is 1. The van der Waals surface area contributed by atoms with Gasteiger partial charge in [-0.05, 0) is 31.9 Å². The molecule has 2 aromatic rings. The number of aromatic nitrogens is 1. The fraction of sp³-hybridized carbons (Fsp3) is 0.438. The zero-order valence-corrected chi connectivity index (χ0v) is 12.2. The summed E-state index contributed by atoms with van der Waals surface area (Å²) in [6.45, 7) is 6.30. The Hall–Kier alpha value is -1.77. The molecule has 0 radical (unpaired) electrons. The number of nitrogens with zero attached hydrogens (tertiary/aromatic N) is 1. The normalized spacial score (nSPS) is 11.8. The molecule has 0 atom stereocenters. The lowest BCUT2D eigenvalue weighted by Gasteiger charge is -2.35. The maximum atomic E-state index is 12.4. The quantitative estimate of drug-likeness (QED) is 0.897. The molecule has 0 aliphatic heterocycles. The van der Waals surface area contributed by atoms with Crippen LogP contribution in [-0.4, -0.2) is 28.4 Å². The Bertz CT molecular complexity index is 583. The molecule has 19 heavy (non-hydrogen) atoms. The van der Waals surface area contributed by atoms with E-state index in [1.807, 2.05) is 36.3 Å². The van der Waals surface area contributed by atoms with E-state index in [4.69, 9.17) is 0 Å². The lowest BCUT2D eigenvalue weighted by molar-refractivity contribution is -0.133. The highest BCUT2D eigenvalue weighted by Crippen LogP contribution is 2.21. The third kappa shape index (κ3) is 2.65. The van der Waals surface area contributed by atoms with Crippen LogP contribution < -0.4 is 0 Å². The Labute approximate surface area is 114 Å². The molecule has 0 aliphatic carbocycles. The average molecular weight is 258 g/mol. The first-order valence-electron chi connectivity index (χ1n) is 6.77. The Morgan fingerprint density at radius 3 is 2.68 bits per heavy atom. The first-order chi connectivity index (χ1) is 8.95. The van der Waals surface area contributed by atoms with E-state index < -0.39 is 0 Å². The minimum absolute atomic E-state index is 0.0941. The number of fused-ring (bicyclic) bond motifs is 1. The van der Waals surface area contributed by atoms with Gasteiger partial charge in [-0.1, -0.05) is 25.1 Å². The van der Waals surface area contributed by atoms with Crippen molar-refractivity contribution >= 4 is 16.8 Å². The van der Waals surface area contributed by atoms with Crippen LogP contribution >= 0.6 is 0 Å². The minimum atomic E-state index is -0.0941. The maximum absolute atomic E-state index is 12.4. The predicted octanol–water partition coefficient (Wildman–Crippen LogP) is 3.36. The van der Waals surface area contributed by atoms with Gasteiger partial charge < -0.3 is 9.88 Å². The summed E-state index contributed by atoms with van der Waals surface area (Å²) in [5.74, 6) is 0.164. The highest BCUT2D eigenvalue weighted by Gasteiger charge is 2.25. The van der Waals surface area contributed by atoms with Gasteiger partial charge >= 0.3 is 0 Å². The summed E-state index contributed by atoms with van der Waals surface area (Å²) in [5.41, 5.74) is 2.06. The fourth-order valence-corrected chi connectivity index (χ4v) is 2.13. The number of para-hydroxylation sites is 1. The number of nitrogens with one attached hydrogen (secondary N) is 1. The molecule has 1 N–H and O–H groups in total. The topological polar surface area (TPSA) is 36.1 Å². The van der Waals surface area contributed by atoms with Crippen LogP contribution in [0.3, 0.4) is 0 Å². The molecule has 1 amide bonds. The molecule has 1 aromatic heterocycles. The van der Waals surface area contributed by atoms with Crippen LogP contribution in [0.5, 0.6) is 0 Å². The second kappa shape index (κ2) is 5.08. The third-order valence-corrected chi connectivity index (χ3v) is 4.16.